The number of amides is 1. The number of hydrogen-bond acceptors (Lipinski definition) is 4. The number of rotatable bonds is 5. The maximum atomic E-state index is 12.6. The molecule has 7 nitrogen and oxygen atoms in total. The lowest BCUT2D eigenvalue weighted by molar-refractivity contribution is -0.121. The molecule has 0 unspecified atom stereocenters. The van der Waals surface area contributed by atoms with E-state index in [1.807, 2.05) is 6.07 Å². The molecule has 1 amide bonds. The van der Waals surface area contributed by atoms with E-state index in [4.69, 9.17) is 0 Å². The molecule has 0 spiro atoms. The molecule has 0 fully saturated rings. The van der Waals surface area contributed by atoms with Crippen LogP contribution in [0.2, 0.25) is 0 Å². The number of hydrogen-bond donors (Lipinski definition) is 1. The van der Waals surface area contributed by atoms with Crippen molar-refractivity contribution in [2.24, 2.45) is 0 Å². The fourth-order valence-electron chi connectivity index (χ4n) is 2.69. The Kier molecular flexibility index (Phi) is 4.74. The number of carbonyl (C=O) groups is 1. The first-order chi connectivity index (χ1) is 12.1. The summed E-state index contributed by atoms with van der Waals surface area (Å²) in [7, 11) is 0. The first kappa shape index (κ1) is 16.6. The Hall–Kier alpha value is -3.22. The molecule has 3 aromatic rings. The zero-order valence-corrected chi connectivity index (χ0v) is 13.8. The van der Waals surface area contributed by atoms with Gasteiger partial charge in [0.2, 0.25) is 5.91 Å². The quantitative estimate of drug-likeness (QED) is 0.749. The first-order valence-electron chi connectivity index (χ1n) is 8.00. The van der Waals surface area contributed by atoms with Crippen molar-refractivity contribution in [2.45, 2.75) is 26.6 Å². The van der Waals surface area contributed by atoms with Gasteiger partial charge in [0.25, 0.3) is 5.56 Å². The van der Waals surface area contributed by atoms with E-state index >= 15 is 0 Å². The van der Waals surface area contributed by atoms with Gasteiger partial charge < -0.3 is 5.32 Å². The molecule has 0 bridgehead atoms. The largest absolute Gasteiger partial charge is 0.349 e. The lowest BCUT2D eigenvalue weighted by atomic mass is 10.2. The molecule has 7 heteroatoms. The van der Waals surface area contributed by atoms with Crippen molar-refractivity contribution in [3.63, 3.8) is 0 Å². The van der Waals surface area contributed by atoms with Gasteiger partial charge in [0.1, 0.15) is 6.54 Å². The highest BCUT2D eigenvalue weighted by atomic mass is 16.2. The number of benzene rings is 1. The number of fused-ring (bicyclic) bond motifs is 1. The van der Waals surface area contributed by atoms with Crippen molar-refractivity contribution in [1.82, 2.24) is 19.4 Å². The Labute approximate surface area is 143 Å². The number of aromatic nitrogens is 3. The summed E-state index contributed by atoms with van der Waals surface area (Å²) in [5, 5.41) is 3.16. The molecule has 1 aromatic carbocycles. The van der Waals surface area contributed by atoms with Crippen molar-refractivity contribution < 1.29 is 4.79 Å². The smallest absolute Gasteiger partial charge is 0.331 e. The van der Waals surface area contributed by atoms with Crippen LogP contribution in [0, 0.1) is 0 Å². The molecule has 0 aliphatic heterocycles. The topological polar surface area (TPSA) is 86.0 Å². The standard InChI is InChI=1S/C18H18N4O3/c1-2-21-17(24)14-8-3-4-9-15(14)22(18(21)25)12-16(23)20-11-13-7-5-6-10-19-13/h3-10H,2,11-12H2,1H3,(H,20,23). The summed E-state index contributed by atoms with van der Waals surface area (Å²) in [6, 6.07) is 12.2. The summed E-state index contributed by atoms with van der Waals surface area (Å²) in [4.78, 5) is 41.4. The highest BCUT2D eigenvalue weighted by Gasteiger charge is 2.14. The lowest BCUT2D eigenvalue weighted by Gasteiger charge is -2.13. The van der Waals surface area contributed by atoms with E-state index < -0.39 is 5.69 Å². The van der Waals surface area contributed by atoms with E-state index in [-0.39, 0.29) is 31.1 Å². The van der Waals surface area contributed by atoms with E-state index in [2.05, 4.69) is 10.3 Å². The summed E-state index contributed by atoms with van der Waals surface area (Å²) < 4.78 is 2.46. The third kappa shape index (κ3) is 3.35. The third-order valence-electron chi connectivity index (χ3n) is 3.94. The fraction of sp³-hybridized carbons (Fsp3) is 0.222. The van der Waals surface area contributed by atoms with Gasteiger partial charge in [0.15, 0.2) is 0 Å². The normalized spacial score (nSPS) is 10.8. The van der Waals surface area contributed by atoms with Gasteiger partial charge >= 0.3 is 5.69 Å². The monoisotopic (exact) mass is 338 g/mol. The van der Waals surface area contributed by atoms with Gasteiger partial charge in [0, 0.05) is 12.7 Å². The molecule has 128 valence electrons. The average molecular weight is 338 g/mol. The Bertz CT molecular complexity index is 1020. The van der Waals surface area contributed by atoms with Gasteiger partial charge in [-0.3, -0.25) is 23.7 Å². The third-order valence-corrected chi connectivity index (χ3v) is 3.94. The molecule has 0 aliphatic carbocycles. The highest BCUT2D eigenvalue weighted by molar-refractivity contribution is 5.81. The molecule has 2 heterocycles. The summed E-state index contributed by atoms with van der Waals surface area (Å²) in [5.74, 6) is -0.320. The van der Waals surface area contributed by atoms with Crippen LogP contribution in [0.4, 0.5) is 0 Å². The Balaban J connectivity index is 1.92. The van der Waals surface area contributed by atoms with E-state index in [1.165, 1.54) is 4.57 Å². The molecular weight excluding hydrogens is 320 g/mol. The van der Waals surface area contributed by atoms with Crippen molar-refractivity contribution in [3.05, 3.63) is 75.2 Å². The lowest BCUT2D eigenvalue weighted by Crippen LogP contribution is -2.42. The second-order valence-corrected chi connectivity index (χ2v) is 5.53. The van der Waals surface area contributed by atoms with Crippen molar-refractivity contribution in [2.75, 3.05) is 0 Å². The highest BCUT2D eigenvalue weighted by Crippen LogP contribution is 2.07. The molecule has 0 aliphatic rings. The Morgan fingerprint density at radius 1 is 1.08 bits per heavy atom. The van der Waals surface area contributed by atoms with Crippen LogP contribution < -0.4 is 16.6 Å². The van der Waals surface area contributed by atoms with Gasteiger partial charge in [-0.25, -0.2) is 4.79 Å². The summed E-state index contributed by atoms with van der Waals surface area (Å²) in [5.41, 5.74) is 0.356. The van der Waals surface area contributed by atoms with Crippen LogP contribution in [-0.2, 0) is 24.4 Å². The fourth-order valence-corrected chi connectivity index (χ4v) is 2.69. The summed E-state index contributed by atoms with van der Waals surface area (Å²) in [6.07, 6.45) is 1.65. The SMILES string of the molecule is CCn1c(=O)c2ccccc2n(CC(=O)NCc2ccccn2)c1=O. The van der Waals surface area contributed by atoms with Crippen molar-refractivity contribution in [3.8, 4) is 0 Å². The molecule has 2 aromatic heterocycles. The molecule has 0 saturated heterocycles. The van der Waals surface area contributed by atoms with Crippen LogP contribution >= 0.6 is 0 Å². The van der Waals surface area contributed by atoms with Crippen LogP contribution in [0.25, 0.3) is 10.9 Å². The second-order valence-electron chi connectivity index (χ2n) is 5.53. The maximum Gasteiger partial charge on any atom is 0.331 e. The maximum absolute atomic E-state index is 12.6. The molecule has 3 rings (SSSR count). The molecule has 0 saturated carbocycles. The van der Waals surface area contributed by atoms with Crippen molar-refractivity contribution in [1.29, 1.82) is 0 Å². The second kappa shape index (κ2) is 7.12. The van der Waals surface area contributed by atoms with Gasteiger partial charge in [-0.05, 0) is 31.2 Å². The minimum atomic E-state index is -0.487. The number of para-hydroxylation sites is 1. The Morgan fingerprint density at radius 3 is 2.56 bits per heavy atom. The van der Waals surface area contributed by atoms with Crippen LogP contribution in [-0.4, -0.2) is 20.0 Å². The minimum absolute atomic E-state index is 0.160. The van der Waals surface area contributed by atoms with Gasteiger partial charge in [-0.15, -0.1) is 0 Å². The van der Waals surface area contributed by atoms with Gasteiger partial charge in [-0.2, -0.15) is 0 Å². The van der Waals surface area contributed by atoms with Crippen LogP contribution in [0.5, 0.6) is 0 Å². The van der Waals surface area contributed by atoms with Crippen LogP contribution in [0.15, 0.2) is 58.3 Å². The van der Waals surface area contributed by atoms with E-state index in [0.29, 0.717) is 10.9 Å². The number of nitrogens with one attached hydrogen (secondary N) is 1. The summed E-state index contributed by atoms with van der Waals surface area (Å²) >= 11 is 0. The number of carbonyl (C=O) groups excluding carboxylic acids is 1. The zero-order valence-electron chi connectivity index (χ0n) is 13.8. The predicted octanol–water partition coefficient (Wildman–Crippen LogP) is 0.894. The van der Waals surface area contributed by atoms with E-state index in [9.17, 15) is 14.4 Å². The van der Waals surface area contributed by atoms with E-state index in [1.54, 1.807) is 49.5 Å². The van der Waals surface area contributed by atoms with Crippen molar-refractivity contribution >= 4 is 16.8 Å². The number of pyridine rings is 1. The predicted molar refractivity (Wildman–Crippen MR) is 94.2 cm³/mol. The van der Waals surface area contributed by atoms with Crippen LogP contribution in [0.3, 0.4) is 0 Å². The van der Waals surface area contributed by atoms with Gasteiger partial charge in [-0.1, -0.05) is 18.2 Å². The molecule has 0 radical (unpaired) electrons. The van der Waals surface area contributed by atoms with Crippen LogP contribution in [0.1, 0.15) is 12.6 Å². The van der Waals surface area contributed by atoms with E-state index in [0.717, 1.165) is 10.3 Å². The molecular formula is C18H18N4O3. The average Bonchev–Trinajstić information content (AvgIpc) is 2.65. The number of nitrogens with zero attached hydrogens (tertiary/aromatic N) is 3. The molecule has 1 N–H and O–H groups in total. The minimum Gasteiger partial charge on any atom is -0.349 e. The zero-order chi connectivity index (χ0) is 17.8. The Morgan fingerprint density at radius 2 is 1.84 bits per heavy atom. The van der Waals surface area contributed by atoms with Gasteiger partial charge in [0.05, 0.1) is 23.1 Å². The first-order valence-corrected chi connectivity index (χ1v) is 8.00. The summed E-state index contributed by atoms with van der Waals surface area (Å²) in [6.45, 7) is 2.09. The molecule has 0 atom stereocenters. The molecule has 25 heavy (non-hydrogen) atoms.